The lowest BCUT2D eigenvalue weighted by molar-refractivity contribution is -0.133. The van der Waals surface area contributed by atoms with Crippen LogP contribution in [0.5, 0.6) is 5.75 Å². The van der Waals surface area contributed by atoms with E-state index in [1.54, 1.807) is 35.6 Å². The fourth-order valence-electron chi connectivity index (χ4n) is 1.23. The van der Waals surface area contributed by atoms with Gasteiger partial charge in [-0.1, -0.05) is 17.7 Å². The predicted octanol–water partition coefficient (Wildman–Crippen LogP) is 3.55. The van der Waals surface area contributed by atoms with Crippen molar-refractivity contribution >= 4 is 28.9 Å². The summed E-state index contributed by atoms with van der Waals surface area (Å²) >= 11 is 7.27. The van der Waals surface area contributed by atoms with E-state index in [4.69, 9.17) is 16.3 Å². The van der Waals surface area contributed by atoms with Gasteiger partial charge in [-0.3, -0.25) is 4.79 Å². The lowest BCUT2D eigenvalue weighted by atomic mass is 10.3. The summed E-state index contributed by atoms with van der Waals surface area (Å²) in [5, 5.41) is 2.56. The van der Waals surface area contributed by atoms with E-state index in [9.17, 15) is 4.79 Å². The summed E-state index contributed by atoms with van der Waals surface area (Å²) in [6.45, 7) is 0. The van der Waals surface area contributed by atoms with Crippen LogP contribution in [0.4, 0.5) is 0 Å². The van der Waals surface area contributed by atoms with E-state index in [2.05, 4.69) is 0 Å². The van der Waals surface area contributed by atoms with Crippen LogP contribution in [0.15, 0.2) is 41.8 Å². The second kappa shape index (κ2) is 5.14. The van der Waals surface area contributed by atoms with Crippen molar-refractivity contribution < 1.29 is 9.53 Å². The van der Waals surface area contributed by atoms with Crippen LogP contribution < -0.4 is 4.74 Å². The molecule has 16 heavy (non-hydrogen) atoms. The fourth-order valence-corrected chi connectivity index (χ4v) is 2.04. The average Bonchev–Trinajstić information content (AvgIpc) is 2.74. The van der Waals surface area contributed by atoms with Gasteiger partial charge in [0.2, 0.25) is 0 Å². The smallest absolute Gasteiger partial charge is 0.316 e. The quantitative estimate of drug-likeness (QED) is 0.617. The number of esters is 1. The van der Waals surface area contributed by atoms with Crippen molar-refractivity contribution in [3.05, 3.63) is 51.7 Å². The lowest BCUT2D eigenvalue weighted by Crippen LogP contribution is -2.10. The number of thiophene rings is 1. The Hall–Kier alpha value is -1.32. The van der Waals surface area contributed by atoms with Crippen LogP contribution in [-0.4, -0.2) is 5.97 Å². The summed E-state index contributed by atoms with van der Waals surface area (Å²) in [7, 11) is 0. The SMILES string of the molecule is O=C(Cc1cccs1)Oc1ccc(Cl)cc1. The second-order valence-corrected chi connectivity index (χ2v) is 4.65. The highest BCUT2D eigenvalue weighted by molar-refractivity contribution is 7.10. The Balaban J connectivity index is 1.95. The van der Waals surface area contributed by atoms with Gasteiger partial charge in [0.1, 0.15) is 5.75 Å². The van der Waals surface area contributed by atoms with Crippen LogP contribution in [0.1, 0.15) is 4.88 Å². The third-order valence-corrected chi connectivity index (χ3v) is 3.07. The zero-order chi connectivity index (χ0) is 11.4. The maximum absolute atomic E-state index is 11.5. The van der Waals surface area contributed by atoms with Gasteiger partial charge in [-0.2, -0.15) is 0 Å². The zero-order valence-corrected chi connectivity index (χ0v) is 9.92. The first kappa shape index (κ1) is 11.2. The van der Waals surface area contributed by atoms with E-state index in [1.165, 1.54) is 0 Å². The van der Waals surface area contributed by atoms with Crippen molar-refractivity contribution in [3.63, 3.8) is 0 Å². The number of ether oxygens (including phenoxy) is 1. The van der Waals surface area contributed by atoms with E-state index in [0.29, 0.717) is 17.2 Å². The lowest BCUT2D eigenvalue weighted by Gasteiger charge is -2.02. The molecule has 0 N–H and O–H groups in total. The number of hydrogen-bond acceptors (Lipinski definition) is 3. The molecule has 0 spiro atoms. The summed E-state index contributed by atoms with van der Waals surface area (Å²) in [6, 6.07) is 10.6. The normalized spacial score (nSPS) is 10.1. The van der Waals surface area contributed by atoms with E-state index in [1.807, 2.05) is 17.5 Å². The molecular formula is C12H9ClO2S. The molecule has 1 aromatic carbocycles. The topological polar surface area (TPSA) is 26.3 Å². The molecule has 4 heteroatoms. The molecule has 0 amide bonds. The molecule has 1 aromatic heterocycles. The number of hydrogen-bond donors (Lipinski definition) is 0. The average molecular weight is 253 g/mol. The van der Waals surface area contributed by atoms with Gasteiger partial charge in [-0.25, -0.2) is 0 Å². The second-order valence-electron chi connectivity index (χ2n) is 3.18. The molecule has 2 aromatic rings. The number of carbonyl (C=O) groups is 1. The molecule has 1 heterocycles. The molecule has 0 unspecified atom stereocenters. The largest absolute Gasteiger partial charge is 0.426 e. The molecule has 2 nitrogen and oxygen atoms in total. The molecule has 0 bridgehead atoms. The fraction of sp³-hybridized carbons (Fsp3) is 0.0833. The number of benzene rings is 1. The first-order chi connectivity index (χ1) is 7.74. The van der Waals surface area contributed by atoms with Gasteiger partial charge in [-0.15, -0.1) is 11.3 Å². The van der Waals surface area contributed by atoms with Gasteiger partial charge in [0.05, 0.1) is 6.42 Å². The highest BCUT2D eigenvalue weighted by atomic mass is 35.5. The van der Waals surface area contributed by atoms with Crippen LogP contribution in [0.3, 0.4) is 0 Å². The molecule has 0 aliphatic rings. The van der Waals surface area contributed by atoms with Gasteiger partial charge in [0.15, 0.2) is 0 Å². The van der Waals surface area contributed by atoms with Crippen LogP contribution in [0.2, 0.25) is 5.02 Å². The summed E-state index contributed by atoms with van der Waals surface area (Å²) in [5.41, 5.74) is 0. The van der Waals surface area contributed by atoms with E-state index in [-0.39, 0.29) is 5.97 Å². The highest BCUT2D eigenvalue weighted by Crippen LogP contribution is 2.17. The minimum absolute atomic E-state index is 0.259. The van der Waals surface area contributed by atoms with E-state index in [0.717, 1.165) is 4.88 Å². The highest BCUT2D eigenvalue weighted by Gasteiger charge is 2.06. The minimum atomic E-state index is -0.259. The van der Waals surface area contributed by atoms with Crippen molar-refractivity contribution in [1.82, 2.24) is 0 Å². The molecule has 0 aliphatic carbocycles. The summed E-state index contributed by atoms with van der Waals surface area (Å²) in [5.74, 6) is 0.260. The van der Waals surface area contributed by atoms with Crippen LogP contribution >= 0.6 is 22.9 Å². The first-order valence-electron chi connectivity index (χ1n) is 4.72. The minimum Gasteiger partial charge on any atom is -0.426 e. The Bertz CT molecular complexity index is 462. The molecule has 0 aliphatic heterocycles. The Morgan fingerprint density at radius 1 is 1.25 bits per heavy atom. The maximum atomic E-state index is 11.5. The molecule has 0 radical (unpaired) electrons. The van der Waals surface area contributed by atoms with Crippen molar-refractivity contribution in [1.29, 1.82) is 0 Å². The van der Waals surface area contributed by atoms with E-state index < -0.39 is 0 Å². The van der Waals surface area contributed by atoms with E-state index >= 15 is 0 Å². The summed E-state index contributed by atoms with van der Waals surface area (Å²) in [6.07, 6.45) is 0.306. The molecule has 0 saturated carbocycles. The standard InChI is InChI=1S/C12H9ClO2S/c13-9-3-5-10(6-4-9)15-12(14)8-11-2-1-7-16-11/h1-7H,8H2. The number of carbonyl (C=O) groups excluding carboxylic acids is 1. The van der Waals surface area contributed by atoms with Crippen LogP contribution in [0, 0.1) is 0 Å². The van der Waals surface area contributed by atoms with Gasteiger partial charge in [0.25, 0.3) is 0 Å². The van der Waals surface area contributed by atoms with Crippen LogP contribution in [-0.2, 0) is 11.2 Å². The third-order valence-electron chi connectivity index (χ3n) is 1.94. The Labute approximate surface area is 102 Å². The molecule has 82 valence electrons. The summed E-state index contributed by atoms with van der Waals surface area (Å²) in [4.78, 5) is 12.5. The molecule has 0 saturated heterocycles. The van der Waals surface area contributed by atoms with Gasteiger partial charge in [0, 0.05) is 9.90 Å². The molecule has 0 fully saturated rings. The van der Waals surface area contributed by atoms with Crippen LogP contribution in [0.25, 0.3) is 0 Å². The van der Waals surface area contributed by atoms with Gasteiger partial charge >= 0.3 is 5.97 Å². The van der Waals surface area contributed by atoms with Crippen molar-refractivity contribution in [2.75, 3.05) is 0 Å². The van der Waals surface area contributed by atoms with Crippen molar-refractivity contribution in [2.45, 2.75) is 6.42 Å². The van der Waals surface area contributed by atoms with Gasteiger partial charge in [-0.05, 0) is 35.7 Å². The molecule has 2 rings (SSSR count). The Kier molecular flexibility index (Phi) is 3.59. The number of halogens is 1. The maximum Gasteiger partial charge on any atom is 0.316 e. The van der Waals surface area contributed by atoms with Gasteiger partial charge < -0.3 is 4.74 Å². The Morgan fingerprint density at radius 2 is 2.00 bits per heavy atom. The molecular weight excluding hydrogens is 244 g/mol. The molecule has 0 atom stereocenters. The Morgan fingerprint density at radius 3 is 2.62 bits per heavy atom. The summed E-state index contributed by atoms with van der Waals surface area (Å²) < 4.78 is 5.15. The van der Waals surface area contributed by atoms with Crippen molar-refractivity contribution in [2.24, 2.45) is 0 Å². The monoisotopic (exact) mass is 252 g/mol. The number of rotatable bonds is 3. The first-order valence-corrected chi connectivity index (χ1v) is 5.98. The zero-order valence-electron chi connectivity index (χ0n) is 8.35. The third kappa shape index (κ3) is 3.08. The van der Waals surface area contributed by atoms with Crippen molar-refractivity contribution in [3.8, 4) is 5.75 Å². The predicted molar refractivity (Wildman–Crippen MR) is 65.1 cm³/mol.